The maximum absolute atomic E-state index is 12.1. The van der Waals surface area contributed by atoms with Gasteiger partial charge in [-0.2, -0.15) is 0 Å². The van der Waals surface area contributed by atoms with Gasteiger partial charge in [-0.05, 0) is 44.7 Å². The van der Waals surface area contributed by atoms with E-state index in [-0.39, 0.29) is 11.8 Å². The Bertz CT molecular complexity index is 476. The molecule has 1 aromatic rings. The Morgan fingerprint density at radius 3 is 2.72 bits per heavy atom. The fourth-order valence-corrected chi connectivity index (χ4v) is 2.19. The fourth-order valence-electron chi connectivity index (χ4n) is 2.19. The van der Waals surface area contributed by atoms with Crippen LogP contribution in [0, 0.1) is 5.92 Å². The lowest BCUT2D eigenvalue weighted by Crippen LogP contribution is -2.54. The summed E-state index contributed by atoms with van der Waals surface area (Å²) in [5, 5.41) is 12.0. The van der Waals surface area contributed by atoms with E-state index < -0.39 is 11.5 Å². The quantitative estimate of drug-likeness (QED) is 0.831. The zero-order chi connectivity index (χ0) is 13.3. The van der Waals surface area contributed by atoms with Crippen LogP contribution < -0.4 is 5.32 Å². The van der Waals surface area contributed by atoms with Gasteiger partial charge < -0.3 is 15.0 Å². The minimum atomic E-state index is -1.15. The lowest BCUT2D eigenvalue weighted by atomic mass is 9.96. The van der Waals surface area contributed by atoms with Gasteiger partial charge in [0.15, 0.2) is 0 Å². The number of aromatic nitrogens is 1. The van der Waals surface area contributed by atoms with E-state index in [4.69, 9.17) is 0 Å². The molecule has 5 heteroatoms. The maximum atomic E-state index is 12.1. The first-order chi connectivity index (χ1) is 8.49. The molecule has 18 heavy (non-hydrogen) atoms. The summed E-state index contributed by atoms with van der Waals surface area (Å²) in [4.78, 5) is 23.5. The van der Waals surface area contributed by atoms with Crippen LogP contribution in [0.1, 0.15) is 37.2 Å². The zero-order valence-corrected chi connectivity index (χ0v) is 10.6. The van der Waals surface area contributed by atoms with Gasteiger partial charge in [0.05, 0.1) is 0 Å². The first-order valence-corrected chi connectivity index (χ1v) is 6.20. The van der Waals surface area contributed by atoms with Crippen LogP contribution in [-0.4, -0.2) is 27.1 Å². The third kappa shape index (κ3) is 2.12. The highest BCUT2D eigenvalue weighted by atomic mass is 16.4. The third-order valence-corrected chi connectivity index (χ3v) is 3.61. The molecule has 0 aliphatic heterocycles. The van der Waals surface area contributed by atoms with Gasteiger partial charge >= 0.3 is 5.97 Å². The number of nitrogens with one attached hydrogen (secondary N) is 1. The van der Waals surface area contributed by atoms with Crippen molar-refractivity contribution in [1.82, 2.24) is 9.88 Å². The molecule has 5 nitrogen and oxygen atoms in total. The van der Waals surface area contributed by atoms with Crippen molar-refractivity contribution >= 4 is 11.9 Å². The number of aliphatic carboxylic acids is 1. The van der Waals surface area contributed by atoms with Crippen LogP contribution in [0.5, 0.6) is 0 Å². The van der Waals surface area contributed by atoms with Gasteiger partial charge in [-0.3, -0.25) is 4.79 Å². The van der Waals surface area contributed by atoms with Crippen molar-refractivity contribution in [2.75, 3.05) is 0 Å². The van der Waals surface area contributed by atoms with E-state index in [0.29, 0.717) is 12.2 Å². The zero-order valence-electron chi connectivity index (χ0n) is 10.6. The van der Waals surface area contributed by atoms with Crippen molar-refractivity contribution in [1.29, 1.82) is 0 Å². The summed E-state index contributed by atoms with van der Waals surface area (Å²) in [6.45, 7) is 4.21. The molecule has 1 aliphatic rings. The van der Waals surface area contributed by atoms with Crippen LogP contribution in [-0.2, 0) is 11.3 Å². The molecule has 2 rings (SSSR count). The lowest BCUT2D eigenvalue weighted by molar-refractivity contribution is -0.144. The fraction of sp³-hybridized carbons (Fsp3) is 0.538. The number of carbonyl (C=O) groups excluding carboxylic acids is 1. The molecule has 98 valence electrons. The maximum Gasteiger partial charge on any atom is 0.329 e. The number of carboxylic acid groups (broad SMARTS) is 1. The molecule has 1 saturated carbocycles. The van der Waals surface area contributed by atoms with Gasteiger partial charge in [0.25, 0.3) is 5.91 Å². The summed E-state index contributed by atoms with van der Waals surface area (Å²) >= 11 is 0. The third-order valence-electron chi connectivity index (χ3n) is 3.61. The number of rotatable bonds is 5. The highest BCUT2D eigenvalue weighted by Crippen LogP contribution is 2.39. The van der Waals surface area contributed by atoms with E-state index in [1.54, 1.807) is 23.6 Å². The SMILES string of the molecule is CCn1cccc1C(=O)NC(C)(C(=O)O)C1CC1. The predicted octanol–water partition coefficient (Wildman–Crippen LogP) is 1.49. The molecule has 1 aromatic heterocycles. The second-order valence-electron chi connectivity index (χ2n) is 4.92. The normalized spacial score (nSPS) is 18.1. The number of amides is 1. The number of nitrogens with zero attached hydrogens (tertiary/aromatic N) is 1. The Labute approximate surface area is 106 Å². The molecule has 2 N–H and O–H groups in total. The van der Waals surface area contributed by atoms with Crippen molar-refractivity contribution in [2.24, 2.45) is 5.92 Å². The topological polar surface area (TPSA) is 71.3 Å². The number of carbonyl (C=O) groups is 2. The highest BCUT2D eigenvalue weighted by Gasteiger charge is 2.48. The molecule has 0 bridgehead atoms. The summed E-state index contributed by atoms with van der Waals surface area (Å²) in [6.07, 6.45) is 3.53. The van der Waals surface area contributed by atoms with Gasteiger partial charge in [0, 0.05) is 12.7 Å². The second-order valence-corrected chi connectivity index (χ2v) is 4.92. The average Bonchev–Trinajstić information content (AvgIpc) is 3.07. The average molecular weight is 250 g/mol. The van der Waals surface area contributed by atoms with Crippen LogP contribution in [0.25, 0.3) is 0 Å². The van der Waals surface area contributed by atoms with Crippen molar-refractivity contribution < 1.29 is 14.7 Å². The Morgan fingerprint density at radius 2 is 2.22 bits per heavy atom. The van der Waals surface area contributed by atoms with E-state index in [2.05, 4.69) is 5.32 Å². The number of aryl methyl sites for hydroxylation is 1. The molecule has 1 fully saturated rings. The smallest absolute Gasteiger partial charge is 0.329 e. The van der Waals surface area contributed by atoms with Crippen LogP contribution in [0.15, 0.2) is 18.3 Å². The first-order valence-electron chi connectivity index (χ1n) is 6.20. The largest absolute Gasteiger partial charge is 0.480 e. The van der Waals surface area contributed by atoms with E-state index in [1.807, 2.05) is 13.1 Å². The van der Waals surface area contributed by atoms with Gasteiger partial charge in [-0.25, -0.2) is 4.79 Å². The minimum absolute atomic E-state index is 0.0454. The molecular weight excluding hydrogens is 232 g/mol. The minimum Gasteiger partial charge on any atom is -0.480 e. The van der Waals surface area contributed by atoms with Crippen LogP contribution >= 0.6 is 0 Å². The molecule has 0 spiro atoms. The van der Waals surface area contributed by atoms with Crippen molar-refractivity contribution in [3.8, 4) is 0 Å². The first kappa shape index (κ1) is 12.7. The molecule has 1 amide bonds. The van der Waals surface area contributed by atoms with E-state index in [9.17, 15) is 14.7 Å². The summed E-state index contributed by atoms with van der Waals surface area (Å²) < 4.78 is 1.80. The molecule has 1 unspecified atom stereocenters. The number of carboxylic acids is 1. The Morgan fingerprint density at radius 1 is 1.56 bits per heavy atom. The van der Waals surface area contributed by atoms with Crippen LogP contribution in [0.2, 0.25) is 0 Å². The summed E-state index contributed by atoms with van der Waals surface area (Å²) in [5.41, 5.74) is -0.648. The van der Waals surface area contributed by atoms with E-state index >= 15 is 0 Å². The van der Waals surface area contributed by atoms with Gasteiger partial charge in [-0.1, -0.05) is 0 Å². The van der Waals surface area contributed by atoms with E-state index in [1.165, 1.54) is 0 Å². The van der Waals surface area contributed by atoms with Crippen molar-refractivity contribution in [3.05, 3.63) is 24.0 Å². The predicted molar refractivity (Wildman–Crippen MR) is 66.3 cm³/mol. The monoisotopic (exact) mass is 250 g/mol. The van der Waals surface area contributed by atoms with Crippen LogP contribution in [0.3, 0.4) is 0 Å². The molecule has 0 radical (unpaired) electrons. The summed E-state index contributed by atoms with van der Waals surface area (Å²) in [6, 6.07) is 3.49. The Kier molecular flexibility index (Phi) is 3.15. The van der Waals surface area contributed by atoms with Crippen molar-refractivity contribution in [2.45, 2.75) is 38.8 Å². The molecule has 1 aliphatic carbocycles. The van der Waals surface area contributed by atoms with Crippen molar-refractivity contribution in [3.63, 3.8) is 0 Å². The molecule has 1 heterocycles. The Hall–Kier alpha value is -1.78. The standard InChI is InChI=1S/C13H18N2O3/c1-3-15-8-4-5-10(15)11(16)14-13(2,12(17)18)9-6-7-9/h4-5,8-9H,3,6-7H2,1-2H3,(H,14,16)(H,17,18). The number of hydrogen-bond donors (Lipinski definition) is 2. The lowest BCUT2D eigenvalue weighted by Gasteiger charge is -2.26. The molecular formula is C13H18N2O3. The van der Waals surface area contributed by atoms with Gasteiger partial charge in [0.2, 0.25) is 0 Å². The van der Waals surface area contributed by atoms with Gasteiger partial charge in [-0.15, -0.1) is 0 Å². The molecule has 0 aromatic carbocycles. The Balaban J connectivity index is 2.17. The molecule has 1 atom stereocenters. The summed E-state index contributed by atoms with van der Waals surface area (Å²) in [5.74, 6) is -1.24. The summed E-state index contributed by atoms with van der Waals surface area (Å²) in [7, 11) is 0. The second kappa shape index (κ2) is 4.48. The van der Waals surface area contributed by atoms with Gasteiger partial charge in [0.1, 0.15) is 11.2 Å². The molecule has 0 saturated heterocycles. The number of hydrogen-bond acceptors (Lipinski definition) is 2. The highest BCUT2D eigenvalue weighted by molar-refractivity contribution is 5.96. The van der Waals surface area contributed by atoms with Crippen LogP contribution in [0.4, 0.5) is 0 Å². The van der Waals surface area contributed by atoms with E-state index in [0.717, 1.165) is 12.8 Å².